The molecule has 98 valence electrons. The van der Waals surface area contributed by atoms with Gasteiger partial charge in [0.15, 0.2) is 0 Å². The van der Waals surface area contributed by atoms with E-state index in [-0.39, 0.29) is 18.0 Å². The summed E-state index contributed by atoms with van der Waals surface area (Å²) < 4.78 is 5.40. The molecule has 0 aliphatic heterocycles. The van der Waals surface area contributed by atoms with Gasteiger partial charge in [-0.25, -0.2) is 5.84 Å². The van der Waals surface area contributed by atoms with Gasteiger partial charge in [0.25, 0.3) is 5.69 Å². The predicted molar refractivity (Wildman–Crippen MR) is 64.9 cm³/mol. The average Bonchev–Trinajstić information content (AvgIpc) is 2.35. The molecule has 3 N–H and O–H groups in total. The molecule has 0 aliphatic rings. The third-order valence-corrected chi connectivity index (χ3v) is 2.42. The Kier molecular flexibility index (Phi) is 5.06. The highest BCUT2D eigenvalue weighted by Gasteiger charge is 2.13. The molecule has 7 nitrogen and oxygen atoms in total. The van der Waals surface area contributed by atoms with Gasteiger partial charge in [-0.15, -0.1) is 0 Å². The number of amides is 1. The first-order valence-corrected chi connectivity index (χ1v) is 5.42. The number of nitrogens with zero attached hydrogens (tertiary/aromatic N) is 1. The molecule has 0 aliphatic carbocycles. The first-order valence-electron chi connectivity index (χ1n) is 5.42. The largest absolute Gasteiger partial charge is 0.493 e. The molecule has 1 aromatic carbocycles. The quantitative estimate of drug-likeness (QED) is 0.259. The van der Waals surface area contributed by atoms with Gasteiger partial charge in [0.2, 0.25) is 5.91 Å². The van der Waals surface area contributed by atoms with Crippen LogP contribution < -0.4 is 16.0 Å². The maximum atomic E-state index is 10.9. The van der Waals surface area contributed by atoms with Crippen molar-refractivity contribution in [3.63, 3.8) is 0 Å². The minimum Gasteiger partial charge on any atom is -0.493 e. The van der Waals surface area contributed by atoms with Crippen molar-refractivity contribution in [2.45, 2.75) is 19.8 Å². The van der Waals surface area contributed by atoms with Gasteiger partial charge in [-0.05, 0) is 19.4 Å². The molecule has 18 heavy (non-hydrogen) atoms. The molecular weight excluding hydrogens is 238 g/mol. The molecule has 0 saturated heterocycles. The molecule has 0 atom stereocenters. The van der Waals surface area contributed by atoms with E-state index in [0.717, 1.165) is 0 Å². The van der Waals surface area contributed by atoms with Gasteiger partial charge in [-0.2, -0.15) is 0 Å². The molecule has 0 saturated carbocycles. The first-order chi connectivity index (χ1) is 8.56. The van der Waals surface area contributed by atoms with Gasteiger partial charge < -0.3 is 4.74 Å². The first kappa shape index (κ1) is 13.9. The fourth-order valence-corrected chi connectivity index (χ4v) is 1.44. The van der Waals surface area contributed by atoms with Crippen LogP contribution in [0.4, 0.5) is 5.69 Å². The third-order valence-electron chi connectivity index (χ3n) is 2.42. The third kappa shape index (κ3) is 3.70. The van der Waals surface area contributed by atoms with Crippen molar-refractivity contribution in [3.8, 4) is 5.75 Å². The van der Waals surface area contributed by atoms with Crippen molar-refractivity contribution in [1.29, 1.82) is 0 Å². The van der Waals surface area contributed by atoms with Gasteiger partial charge in [0, 0.05) is 12.5 Å². The van der Waals surface area contributed by atoms with Crippen molar-refractivity contribution < 1.29 is 14.5 Å². The van der Waals surface area contributed by atoms with E-state index in [1.807, 2.05) is 5.43 Å². The second-order valence-corrected chi connectivity index (χ2v) is 3.68. The summed E-state index contributed by atoms with van der Waals surface area (Å²) in [6.07, 6.45) is 0.746. The zero-order chi connectivity index (χ0) is 13.5. The average molecular weight is 253 g/mol. The minimum absolute atomic E-state index is 0.0206. The van der Waals surface area contributed by atoms with Crippen molar-refractivity contribution >= 4 is 11.6 Å². The van der Waals surface area contributed by atoms with Gasteiger partial charge >= 0.3 is 0 Å². The van der Waals surface area contributed by atoms with E-state index in [4.69, 9.17) is 10.6 Å². The van der Waals surface area contributed by atoms with Gasteiger partial charge in [-0.1, -0.05) is 6.07 Å². The molecule has 0 heterocycles. The lowest BCUT2D eigenvalue weighted by molar-refractivity contribution is -0.385. The Balaban J connectivity index is 2.55. The second-order valence-electron chi connectivity index (χ2n) is 3.68. The number of rotatable bonds is 6. The molecule has 1 aromatic rings. The smallest absolute Gasteiger partial charge is 0.276 e. The van der Waals surface area contributed by atoms with Crippen molar-refractivity contribution in [2.75, 3.05) is 6.61 Å². The molecule has 0 radical (unpaired) electrons. The number of nitro groups is 1. The minimum atomic E-state index is -0.454. The molecule has 7 heteroatoms. The zero-order valence-corrected chi connectivity index (χ0v) is 10.0. The van der Waals surface area contributed by atoms with Crippen LogP contribution in [-0.2, 0) is 4.79 Å². The summed E-state index contributed by atoms with van der Waals surface area (Å²) in [5, 5.41) is 10.7. The summed E-state index contributed by atoms with van der Waals surface area (Å²) in [6.45, 7) is 1.93. The highest BCUT2D eigenvalue weighted by atomic mass is 16.6. The monoisotopic (exact) mass is 253 g/mol. The van der Waals surface area contributed by atoms with E-state index in [1.54, 1.807) is 19.1 Å². The van der Waals surface area contributed by atoms with E-state index < -0.39 is 4.92 Å². The lowest BCUT2D eigenvalue weighted by Gasteiger charge is -2.08. The Bertz CT molecular complexity index is 448. The fraction of sp³-hybridized carbons (Fsp3) is 0.364. The Hall–Kier alpha value is -2.15. The SMILES string of the molecule is Cc1c(OCCCC(=O)NN)cccc1[N+](=O)[O-]. The number of nitrogens with one attached hydrogen (secondary N) is 1. The molecule has 0 fully saturated rings. The van der Waals surface area contributed by atoms with E-state index in [1.165, 1.54) is 6.07 Å². The van der Waals surface area contributed by atoms with Crippen LogP contribution in [0.25, 0.3) is 0 Å². The van der Waals surface area contributed by atoms with Crippen molar-refractivity contribution in [1.82, 2.24) is 5.43 Å². The molecule has 0 unspecified atom stereocenters. The number of ether oxygens (including phenoxy) is 1. The molecule has 1 amide bonds. The maximum Gasteiger partial charge on any atom is 0.276 e. The Morgan fingerprint density at radius 2 is 2.28 bits per heavy atom. The highest BCUT2D eigenvalue weighted by molar-refractivity contribution is 5.75. The summed E-state index contributed by atoms with van der Waals surface area (Å²) in [5.74, 6) is 5.11. The van der Waals surface area contributed by atoms with E-state index in [0.29, 0.717) is 24.3 Å². The summed E-state index contributed by atoms with van der Waals surface area (Å²) in [6, 6.07) is 4.64. The number of benzene rings is 1. The number of carbonyl (C=O) groups is 1. The number of nitrogens with two attached hydrogens (primary N) is 1. The van der Waals surface area contributed by atoms with Gasteiger partial charge in [0.1, 0.15) is 5.75 Å². The number of hydrogen-bond donors (Lipinski definition) is 2. The van der Waals surface area contributed by atoms with E-state index >= 15 is 0 Å². The summed E-state index contributed by atoms with van der Waals surface area (Å²) >= 11 is 0. The van der Waals surface area contributed by atoms with Gasteiger partial charge in [-0.3, -0.25) is 20.3 Å². The number of carbonyl (C=O) groups excluding carboxylic acids is 1. The normalized spacial score (nSPS) is 9.89. The maximum absolute atomic E-state index is 10.9. The Labute approximate surface area is 104 Å². The Morgan fingerprint density at radius 3 is 2.89 bits per heavy atom. The van der Waals surface area contributed by atoms with Crippen LogP contribution in [0, 0.1) is 17.0 Å². The van der Waals surface area contributed by atoms with E-state index in [9.17, 15) is 14.9 Å². The predicted octanol–water partition coefficient (Wildman–Crippen LogP) is 1.05. The lowest BCUT2D eigenvalue weighted by atomic mass is 10.2. The summed E-state index contributed by atoms with van der Waals surface area (Å²) in [4.78, 5) is 21.1. The molecule has 0 bridgehead atoms. The topological polar surface area (TPSA) is 107 Å². The molecule has 0 spiro atoms. The lowest BCUT2D eigenvalue weighted by Crippen LogP contribution is -2.29. The zero-order valence-electron chi connectivity index (χ0n) is 10.0. The van der Waals surface area contributed by atoms with Crippen LogP contribution in [0.3, 0.4) is 0 Å². The number of hydrazine groups is 1. The summed E-state index contributed by atoms with van der Waals surface area (Å²) in [7, 11) is 0. The fourth-order valence-electron chi connectivity index (χ4n) is 1.44. The molecule has 1 rings (SSSR count). The molecule has 0 aromatic heterocycles. The standard InChI is InChI=1S/C11H15N3O4/c1-8-9(14(16)17)4-2-5-10(8)18-7-3-6-11(15)13-12/h2,4-5H,3,6-7,12H2,1H3,(H,13,15). The molecular formula is C11H15N3O4. The van der Waals surface area contributed by atoms with Gasteiger partial charge in [0.05, 0.1) is 17.1 Å². The van der Waals surface area contributed by atoms with Crippen LogP contribution in [0.15, 0.2) is 18.2 Å². The number of nitro benzene ring substituents is 1. The van der Waals surface area contributed by atoms with E-state index in [2.05, 4.69) is 0 Å². The van der Waals surface area contributed by atoms with Crippen LogP contribution in [0.2, 0.25) is 0 Å². The second kappa shape index (κ2) is 6.55. The Morgan fingerprint density at radius 1 is 1.56 bits per heavy atom. The van der Waals surface area contributed by atoms with Crippen molar-refractivity contribution in [3.05, 3.63) is 33.9 Å². The van der Waals surface area contributed by atoms with Crippen LogP contribution in [0.5, 0.6) is 5.75 Å². The highest BCUT2D eigenvalue weighted by Crippen LogP contribution is 2.26. The van der Waals surface area contributed by atoms with Crippen molar-refractivity contribution in [2.24, 2.45) is 5.84 Å². The van der Waals surface area contributed by atoms with Crippen LogP contribution in [-0.4, -0.2) is 17.4 Å². The van der Waals surface area contributed by atoms with Crippen LogP contribution in [0.1, 0.15) is 18.4 Å². The number of hydrogen-bond acceptors (Lipinski definition) is 5. The summed E-state index contributed by atoms with van der Waals surface area (Å²) in [5.41, 5.74) is 2.51. The van der Waals surface area contributed by atoms with Crippen LogP contribution >= 0.6 is 0 Å².